The van der Waals surface area contributed by atoms with Crippen LogP contribution in [-0.4, -0.2) is 11.7 Å². The third kappa shape index (κ3) is 2.26. The molecule has 1 nitrogen and oxygen atoms in total. The van der Waals surface area contributed by atoms with Crippen LogP contribution in [0.25, 0.3) is 0 Å². The average Bonchev–Trinajstić information content (AvgIpc) is 2.11. The van der Waals surface area contributed by atoms with Crippen LogP contribution in [0.15, 0.2) is 12.1 Å². The molecule has 0 saturated heterocycles. The number of carbonyl (C=O) groups is 1. The second kappa shape index (κ2) is 4.46. The molecule has 0 N–H and O–H groups in total. The van der Waals surface area contributed by atoms with E-state index in [-0.39, 0.29) is 12.3 Å². The van der Waals surface area contributed by atoms with Gasteiger partial charge >= 0.3 is 0 Å². The maximum Gasteiger partial charge on any atom is 0.167 e. The number of hydrogen-bond acceptors (Lipinski definition) is 1. The number of hydrogen-bond donors (Lipinski definition) is 0. The van der Waals surface area contributed by atoms with Gasteiger partial charge in [-0.15, -0.1) is 11.6 Å². The minimum atomic E-state index is -1.31. The average molecular weight is 223 g/mol. The first-order valence-corrected chi connectivity index (χ1v) is 4.33. The quantitative estimate of drug-likeness (QED) is 0.437. The molecule has 5 heteroatoms. The molecule has 0 fully saturated rings. The van der Waals surface area contributed by atoms with Crippen molar-refractivity contribution < 1.29 is 18.0 Å². The maximum atomic E-state index is 12.9. The van der Waals surface area contributed by atoms with Gasteiger partial charge < -0.3 is 0 Å². The van der Waals surface area contributed by atoms with Gasteiger partial charge in [0.1, 0.15) is 5.82 Å². The largest absolute Gasteiger partial charge is 0.294 e. The molecule has 76 valence electrons. The van der Waals surface area contributed by atoms with Crippen LogP contribution < -0.4 is 0 Å². The van der Waals surface area contributed by atoms with Crippen LogP contribution in [0, 0.1) is 17.5 Å². The van der Waals surface area contributed by atoms with E-state index < -0.39 is 28.8 Å². The van der Waals surface area contributed by atoms with Gasteiger partial charge in [0.25, 0.3) is 0 Å². The molecule has 1 aromatic rings. The third-order valence-electron chi connectivity index (χ3n) is 1.63. The second-order valence-corrected chi connectivity index (χ2v) is 2.99. The van der Waals surface area contributed by atoms with Crippen molar-refractivity contribution >= 4 is 17.4 Å². The molecule has 0 amide bonds. The van der Waals surface area contributed by atoms with E-state index in [1.165, 1.54) is 0 Å². The molecule has 0 saturated carbocycles. The highest BCUT2D eigenvalue weighted by Crippen LogP contribution is 2.15. The van der Waals surface area contributed by atoms with E-state index in [1.54, 1.807) is 0 Å². The Morgan fingerprint density at radius 2 is 1.71 bits per heavy atom. The summed E-state index contributed by atoms with van der Waals surface area (Å²) in [6.45, 7) is 0. The number of benzene rings is 1. The Labute approximate surface area is 83.5 Å². The monoisotopic (exact) mass is 222 g/mol. The Morgan fingerprint density at radius 1 is 1.14 bits per heavy atom. The topological polar surface area (TPSA) is 17.1 Å². The fourth-order valence-electron chi connectivity index (χ4n) is 0.957. The van der Waals surface area contributed by atoms with Gasteiger partial charge in [0, 0.05) is 18.4 Å². The predicted octanol–water partition coefficient (Wildman–Crippen LogP) is 2.92. The smallest absolute Gasteiger partial charge is 0.167 e. The Hall–Kier alpha value is -1.03. The lowest BCUT2D eigenvalue weighted by Gasteiger charge is -2.01. The van der Waals surface area contributed by atoms with Gasteiger partial charge in [-0.1, -0.05) is 0 Å². The van der Waals surface area contributed by atoms with Crippen LogP contribution in [0.4, 0.5) is 13.2 Å². The zero-order valence-corrected chi connectivity index (χ0v) is 7.74. The van der Waals surface area contributed by atoms with Gasteiger partial charge in [-0.3, -0.25) is 4.79 Å². The van der Waals surface area contributed by atoms with Gasteiger partial charge in [0.2, 0.25) is 0 Å². The second-order valence-electron chi connectivity index (χ2n) is 2.61. The van der Waals surface area contributed by atoms with Crippen LogP contribution in [0.5, 0.6) is 0 Å². The molecule has 0 aromatic heterocycles. The Bertz CT molecular complexity index is 365. The Balaban J connectivity index is 3.09. The van der Waals surface area contributed by atoms with Gasteiger partial charge in [-0.05, 0) is 6.07 Å². The molecule has 0 aliphatic heterocycles. The maximum absolute atomic E-state index is 12.9. The van der Waals surface area contributed by atoms with Crippen molar-refractivity contribution in [1.82, 2.24) is 0 Å². The molecule has 1 aromatic carbocycles. The summed E-state index contributed by atoms with van der Waals surface area (Å²) >= 11 is 5.26. The molecule has 0 aliphatic rings. The lowest BCUT2D eigenvalue weighted by Crippen LogP contribution is -2.05. The summed E-state index contributed by atoms with van der Waals surface area (Å²) in [6, 6.07) is 0.885. The number of ketones is 1. The molecule has 1 rings (SSSR count). The van der Waals surface area contributed by atoms with Crippen LogP contribution in [0.2, 0.25) is 0 Å². The lowest BCUT2D eigenvalue weighted by atomic mass is 10.1. The van der Waals surface area contributed by atoms with Crippen molar-refractivity contribution in [2.75, 3.05) is 5.88 Å². The summed E-state index contributed by atoms with van der Waals surface area (Å²) in [5.41, 5.74) is -0.468. The van der Waals surface area contributed by atoms with Crippen molar-refractivity contribution in [2.24, 2.45) is 0 Å². The standard InChI is InChI=1S/C9H6ClF3O/c10-2-1-9(14)5-3-7(12)8(13)4-6(5)11/h3-4H,1-2H2. The highest BCUT2D eigenvalue weighted by Gasteiger charge is 2.15. The SMILES string of the molecule is O=C(CCCl)c1cc(F)c(F)cc1F. The summed E-state index contributed by atoms with van der Waals surface area (Å²) in [5, 5.41) is 0. The van der Waals surface area contributed by atoms with Crippen molar-refractivity contribution in [1.29, 1.82) is 0 Å². The first-order valence-electron chi connectivity index (χ1n) is 3.80. The molecule has 0 radical (unpaired) electrons. The molecule has 14 heavy (non-hydrogen) atoms. The molecule has 0 unspecified atom stereocenters. The highest BCUT2D eigenvalue weighted by atomic mass is 35.5. The zero-order valence-electron chi connectivity index (χ0n) is 6.99. The highest BCUT2D eigenvalue weighted by molar-refractivity contribution is 6.19. The van der Waals surface area contributed by atoms with Gasteiger partial charge in [-0.2, -0.15) is 0 Å². The summed E-state index contributed by atoms with van der Waals surface area (Å²) in [5.74, 6) is -4.26. The van der Waals surface area contributed by atoms with E-state index in [4.69, 9.17) is 11.6 Å². The van der Waals surface area contributed by atoms with E-state index in [2.05, 4.69) is 0 Å². The number of halogens is 4. The predicted molar refractivity (Wildman–Crippen MR) is 46.0 cm³/mol. The van der Waals surface area contributed by atoms with E-state index in [1.807, 2.05) is 0 Å². The molecule has 0 atom stereocenters. The van der Waals surface area contributed by atoms with Gasteiger partial charge in [0.05, 0.1) is 5.56 Å². The van der Waals surface area contributed by atoms with Gasteiger partial charge in [0.15, 0.2) is 17.4 Å². The van der Waals surface area contributed by atoms with Crippen LogP contribution in [-0.2, 0) is 0 Å². The van der Waals surface area contributed by atoms with E-state index in [0.717, 1.165) is 0 Å². The fraction of sp³-hybridized carbons (Fsp3) is 0.222. The van der Waals surface area contributed by atoms with Crippen molar-refractivity contribution in [3.8, 4) is 0 Å². The summed E-state index contributed by atoms with van der Waals surface area (Å²) in [6.07, 6.45) is -0.108. The number of rotatable bonds is 3. The molecule has 0 bridgehead atoms. The fourth-order valence-corrected chi connectivity index (χ4v) is 1.13. The molecule has 0 spiro atoms. The first kappa shape index (κ1) is 11.0. The van der Waals surface area contributed by atoms with Crippen molar-refractivity contribution in [2.45, 2.75) is 6.42 Å². The molecule has 0 heterocycles. The summed E-state index contributed by atoms with van der Waals surface area (Å²) in [7, 11) is 0. The minimum Gasteiger partial charge on any atom is -0.294 e. The number of carbonyl (C=O) groups excluding carboxylic acids is 1. The van der Waals surface area contributed by atoms with Crippen molar-refractivity contribution in [3.63, 3.8) is 0 Å². The minimum absolute atomic E-state index is 0.0112. The molecular weight excluding hydrogens is 217 g/mol. The number of Topliss-reactive ketones (excluding diaryl/α,β-unsaturated/α-hetero) is 1. The van der Waals surface area contributed by atoms with Crippen LogP contribution >= 0.6 is 11.6 Å². The van der Waals surface area contributed by atoms with Crippen LogP contribution in [0.3, 0.4) is 0 Å². The molecular formula is C9H6ClF3O. The van der Waals surface area contributed by atoms with E-state index in [9.17, 15) is 18.0 Å². The van der Waals surface area contributed by atoms with E-state index >= 15 is 0 Å². The van der Waals surface area contributed by atoms with Crippen LogP contribution in [0.1, 0.15) is 16.8 Å². The van der Waals surface area contributed by atoms with Crippen molar-refractivity contribution in [3.05, 3.63) is 35.1 Å². The third-order valence-corrected chi connectivity index (χ3v) is 1.82. The normalized spacial score (nSPS) is 10.3. The number of alkyl halides is 1. The summed E-state index contributed by atoms with van der Waals surface area (Å²) < 4.78 is 38.0. The molecule has 0 aliphatic carbocycles. The Morgan fingerprint density at radius 3 is 2.29 bits per heavy atom. The van der Waals surface area contributed by atoms with Gasteiger partial charge in [-0.25, -0.2) is 13.2 Å². The van der Waals surface area contributed by atoms with E-state index in [0.29, 0.717) is 12.1 Å². The zero-order chi connectivity index (χ0) is 10.7. The summed E-state index contributed by atoms with van der Waals surface area (Å²) in [4.78, 5) is 11.1. The first-order chi connectivity index (χ1) is 6.56. The lowest BCUT2D eigenvalue weighted by molar-refractivity contribution is 0.0984. The Kier molecular flexibility index (Phi) is 3.52.